The summed E-state index contributed by atoms with van der Waals surface area (Å²) in [4.78, 5) is 46.2. The Balaban J connectivity index is -0.000000316. The van der Waals surface area contributed by atoms with Crippen LogP contribution in [0.3, 0.4) is 0 Å². The van der Waals surface area contributed by atoms with E-state index in [0.717, 1.165) is 103 Å². The molecule has 0 saturated carbocycles. The SMILES string of the molecule is CCCCOC(OCCCC)C(CC)(OCC)C(=O)[O-].CCCCOC(OCCCC)C(CC)(OCC)C(=O)[O-].CCCCOC(OCCCC)C(CC)(OCC)C(=O)[O-].CCCCOC(OCCCC)C(CC)(OCC)C(=O)[O-].[Zr+4]. The third-order valence-corrected chi connectivity index (χ3v) is 12.8. The average molecular weight is 1250 g/mol. The fourth-order valence-electron chi connectivity index (χ4n) is 7.52. The molecule has 0 aliphatic carbocycles. The Bertz CT molecular complexity index is 1200. The molecule has 0 aromatic carbocycles. The van der Waals surface area contributed by atoms with Gasteiger partial charge in [0, 0.05) is 79.3 Å². The number of hydrogen-bond donors (Lipinski definition) is 0. The maximum absolute atomic E-state index is 11.6. The van der Waals surface area contributed by atoms with E-state index >= 15 is 0 Å². The zero-order valence-electron chi connectivity index (χ0n) is 53.6. The molecule has 0 aliphatic heterocycles. The van der Waals surface area contributed by atoms with E-state index in [4.69, 9.17) is 56.8 Å². The van der Waals surface area contributed by atoms with Crippen molar-refractivity contribution in [1.82, 2.24) is 0 Å². The molecule has 0 heterocycles. The standard InChI is InChI=1S/4C15H30O5.Zr/c4*1-5-9-11-18-14(19-12-10-6-2)15(7-3,13(16)17)20-8-4;/h4*14H,5-12H2,1-4H3,(H,16,17);/q;;;;+4/p-4. The molecule has 20 nitrogen and oxygen atoms in total. The molecule has 0 aromatic rings. The van der Waals surface area contributed by atoms with Crippen LogP contribution in [0.2, 0.25) is 0 Å². The first-order valence-electron chi connectivity index (χ1n) is 30.7. The van der Waals surface area contributed by atoms with Crippen LogP contribution in [0.25, 0.3) is 0 Å². The summed E-state index contributed by atoms with van der Waals surface area (Å²) in [6.07, 6.45) is 11.9. The van der Waals surface area contributed by atoms with Gasteiger partial charge in [0.05, 0.1) is 23.9 Å². The van der Waals surface area contributed by atoms with Crippen molar-refractivity contribution in [2.45, 2.75) is 287 Å². The molecule has 0 aromatic heterocycles. The molecule has 0 rings (SSSR count). The first-order valence-corrected chi connectivity index (χ1v) is 30.7. The number of carboxylic acids is 4. The Morgan fingerprint density at radius 3 is 0.469 bits per heavy atom. The second kappa shape index (κ2) is 57.4. The van der Waals surface area contributed by atoms with Gasteiger partial charge in [-0.1, -0.05) is 134 Å². The smallest absolute Gasteiger partial charge is 0.547 e. The van der Waals surface area contributed by atoms with Crippen LogP contribution in [-0.4, -0.2) is 151 Å². The summed E-state index contributed by atoms with van der Waals surface area (Å²) in [5.74, 6) is -5.11. The predicted octanol–water partition coefficient (Wildman–Crippen LogP) is 7.52. The molecule has 0 N–H and O–H groups in total. The normalized spacial score (nSPS) is 14.3. The number of carbonyl (C=O) groups is 4. The van der Waals surface area contributed by atoms with E-state index in [9.17, 15) is 39.6 Å². The fraction of sp³-hybridized carbons (Fsp3) is 0.933. The first-order chi connectivity index (χ1) is 38.3. The quantitative estimate of drug-likeness (QED) is 0.0420. The molecule has 0 radical (unpaired) electrons. The second-order valence-electron chi connectivity index (χ2n) is 19.0. The Morgan fingerprint density at radius 2 is 0.395 bits per heavy atom. The molecular formula is C60H116O20Zr. The summed E-state index contributed by atoms with van der Waals surface area (Å²) < 4.78 is 66.9. The van der Waals surface area contributed by atoms with Gasteiger partial charge in [-0.3, -0.25) is 0 Å². The van der Waals surface area contributed by atoms with E-state index in [1.54, 1.807) is 55.4 Å². The van der Waals surface area contributed by atoms with Gasteiger partial charge >= 0.3 is 26.2 Å². The van der Waals surface area contributed by atoms with Gasteiger partial charge in [0.15, 0.2) is 47.6 Å². The van der Waals surface area contributed by atoms with Crippen molar-refractivity contribution in [3.05, 3.63) is 0 Å². The van der Waals surface area contributed by atoms with Crippen LogP contribution in [-0.2, 0) is 102 Å². The van der Waals surface area contributed by atoms with E-state index in [0.29, 0.717) is 52.9 Å². The zero-order valence-corrected chi connectivity index (χ0v) is 56.1. The van der Waals surface area contributed by atoms with Crippen LogP contribution >= 0.6 is 0 Å². The van der Waals surface area contributed by atoms with E-state index in [-0.39, 0.29) is 78.3 Å². The molecule has 480 valence electrons. The Kier molecular flexibility index (Phi) is 62.4. The zero-order chi connectivity index (χ0) is 61.7. The van der Waals surface area contributed by atoms with E-state index in [1.165, 1.54) is 0 Å². The van der Waals surface area contributed by atoms with Crippen molar-refractivity contribution < 1.29 is 123 Å². The van der Waals surface area contributed by atoms with Gasteiger partial charge in [-0.2, -0.15) is 0 Å². The topological polar surface area (TPSA) is 271 Å². The molecule has 0 aliphatic rings. The van der Waals surface area contributed by atoms with Crippen LogP contribution in [0, 0.1) is 0 Å². The monoisotopic (exact) mass is 1250 g/mol. The van der Waals surface area contributed by atoms with Gasteiger partial charge in [-0.25, -0.2) is 0 Å². The number of carbonyl (C=O) groups excluding carboxylic acids is 4. The number of unbranched alkanes of at least 4 members (excludes halogenated alkanes) is 8. The molecule has 4 atom stereocenters. The summed E-state index contributed by atoms with van der Waals surface area (Å²) in [6.45, 7) is 35.1. The minimum absolute atomic E-state index is 0. The summed E-state index contributed by atoms with van der Waals surface area (Å²) >= 11 is 0. The van der Waals surface area contributed by atoms with Crippen LogP contribution in [0.4, 0.5) is 0 Å². The molecule has 0 fully saturated rings. The second-order valence-corrected chi connectivity index (χ2v) is 19.0. The third kappa shape index (κ3) is 34.9. The molecule has 4 unspecified atom stereocenters. The first kappa shape index (κ1) is 88.1. The van der Waals surface area contributed by atoms with Gasteiger partial charge < -0.3 is 96.4 Å². The maximum Gasteiger partial charge on any atom is 4.00 e. The van der Waals surface area contributed by atoms with Crippen molar-refractivity contribution in [3.63, 3.8) is 0 Å². The number of ether oxygens (including phenoxy) is 12. The Labute approximate surface area is 510 Å². The van der Waals surface area contributed by atoms with Crippen LogP contribution in [0.15, 0.2) is 0 Å². The summed E-state index contributed by atoms with van der Waals surface area (Å²) in [5, 5.41) is 46.2. The molecule has 21 heteroatoms. The maximum atomic E-state index is 11.6. The average Bonchev–Trinajstić information content (AvgIpc) is 3.43. The number of aliphatic carboxylic acids is 4. The molecule has 0 bridgehead atoms. The number of hydrogen-bond acceptors (Lipinski definition) is 20. The molecule has 0 saturated heterocycles. The minimum atomic E-state index is -1.53. The molecule has 0 amide bonds. The number of carboxylic acid groups (broad SMARTS) is 4. The van der Waals surface area contributed by atoms with Crippen molar-refractivity contribution in [1.29, 1.82) is 0 Å². The van der Waals surface area contributed by atoms with Crippen molar-refractivity contribution in [2.75, 3.05) is 79.3 Å². The van der Waals surface area contributed by atoms with Crippen LogP contribution in [0.1, 0.15) is 239 Å². The van der Waals surface area contributed by atoms with Crippen molar-refractivity contribution >= 4 is 23.9 Å². The number of rotatable bonds is 52. The minimum Gasteiger partial charge on any atom is -0.547 e. The summed E-state index contributed by atoms with van der Waals surface area (Å²) in [7, 11) is 0. The predicted molar refractivity (Wildman–Crippen MR) is 301 cm³/mol. The van der Waals surface area contributed by atoms with Gasteiger partial charge in [-0.15, -0.1) is 0 Å². The van der Waals surface area contributed by atoms with E-state index < -0.39 is 71.4 Å². The summed E-state index contributed by atoms with van der Waals surface area (Å²) in [6, 6.07) is 0. The third-order valence-electron chi connectivity index (χ3n) is 12.8. The molecular weight excluding hydrogens is 1130 g/mol. The van der Waals surface area contributed by atoms with E-state index in [1.807, 2.05) is 55.4 Å². The summed E-state index contributed by atoms with van der Waals surface area (Å²) in [5.41, 5.74) is -6.13. The Hall–Kier alpha value is -1.72. The van der Waals surface area contributed by atoms with Crippen molar-refractivity contribution in [2.24, 2.45) is 0 Å². The van der Waals surface area contributed by atoms with E-state index in [2.05, 4.69) is 0 Å². The van der Waals surface area contributed by atoms with Gasteiger partial charge in [0.1, 0.15) is 0 Å². The van der Waals surface area contributed by atoms with Gasteiger partial charge in [0.25, 0.3) is 0 Å². The molecule has 81 heavy (non-hydrogen) atoms. The van der Waals surface area contributed by atoms with Gasteiger partial charge in [-0.05, 0) is 105 Å². The van der Waals surface area contributed by atoms with Crippen LogP contribution in [0.5, 0.6) is 0 Å². The van der Waals surface area contributed by atoms with Crippen molar-refractivity contribution in [3.8, 4) is 0 Å². The Morgan fingerprint density at radius 1 is 0.272 bits per heavy atom. The largest absolute Gasteiger partial charge is 4.00 e. The van der Waals surface area contributed by atoms with Gasteiger partial charge in [0.2, 0.25) is 0 Å². The fourth-order valence-corrected chi connectivity index (χ4v) is 7.52. The van der Waals surface area contributed by atoms with Crippen LogP contribution < -0.4 is 20.4 Å². The molecule has 0 spiro atoms.